The largest absolute Gasteiger partial charge is 0.466 e. The second kappa shape index (κ2) is 10.3. The highest BCUT2D eigenvalue weighted by molar-refractivity contribution is 5.85. The number of halogens is 1. The Labute approximate surface area is 148 Å². The zero-order chi connectivity index (χ0) is 16.7. The van der Waals surface area contributed by atoms with Crippen LogP contribution in [0.15, 0.2) is 30.3 Å². The number of rotatable bonds is 7. The average molecular weight is 357 g/mol. The summed E-state index contributed by atoms with van der Waals surface area (Å²) in [6, 6.07) is 8.96. The van der Waals surface area contributed by atoms with Crippen LogP contribution in [0.5, 0.6) is 0 Å². The molecule has 1 saturated heterocycles. The first-order valence-electron chi connectivity index (χ1n) is 8.00. The minimum absolute atomic E-state index is 0. The molecule has 0 radical (unpaired) electrons. The summed E-state index contributed by atoms with van der Waals surface area (Å²) in [7, 11) is 0. The van der Waals surface area contributed by atoms with Crippen molar-refractivity contribution < 1.29 is 19.1 Å². The smallest absolute Gasteiger partial charge is 0.308 e. The lowest BCUT2D eigenvalue weighted by Gasteiger charge is -2.21. The zero-order valence-electron chi connectivity index (χ0n) is 13.8. The summed E-state index contributed by atoms with van der Waals surface area (Å²) in [5.74, 6) is -0.548. The average Bonchev–Trinajstić information content (AvgIpc) is 3.04. The Balaban J connectivity index is 0.00000288. The summed E-state index contributed by atoms with van der Waals surface area (Å²) in [5, 5.41) is 2.90. The number of carbonyl (C=O) groups is 2. The fourth-order valence-electron chi connectivity index (χ4n) is 2.66. The van der Waals surface area contributed by atoms with E-state index in [1.54, 1.807) is 6.92 Å². The van der Waals surface area contributed by atoms with E-state index in [2.05, 4.69) is 5.32 Å². The topological polar surface area (TPSA) is 90.7 Å². The van der Waals surface area contributed by atoms with Crippen molar-refractivity contribution in [2.24, 2.45) is 5.73 Å². The molecule has 24 heavy (non-hydrogen) atoms. The highest BCUT2D eigenvalue weighted by atomic mass is 35.5. The van der Waals surface area contributed by atoms with Gasteiger partial charge in [0, 0.05) is 6.54 Å². The highest BCUT2D eigenvalue weighted by Crippen LogP contribution is 2.22. The van der Waals surface area contributed by atoms with Gasteiger partial charge in [-0.25, -0.2) is 0 Å². The predicted octanol–water partition coefficient (Wildman–Crippen LogP) is 1.73. The number of benzene rings is 1. The fraction of sp³-hybridized carbons (Fsp3) is 0.529. The second-order valence-electron chi connectivity index (χ2n) is 5.54. The number of amides is 1. The summed E-state index contributed by atoms with van der Waals surface area (Å²) in [6.07, 6.45) is 0.955. The molecule has 3 atom stereocenters. The number of ether oxygens (including phenoxy) is 2. The van der Waals surface area contributed by atoms with Crippen LogP contribution in [0.1, 0.15) is 37.8 Å². The van der Waals surface area contributed by atoms with Crippen molar-refractivity contribution in [1.29, 1.82) is 0 Å². The van der Waals surface area contributed by atoms with Crippen LogP contribution >= 0.6 is 12.4 Å². The van der Waals surface area contributed by atoms with Crippen LogP contribution in [-0.2, 0) is 19.1 Å². The Morgan fingerprint density at radius 1 is 1.33 bits per heavy atom. The van der Waals surface area contributed by atoms with Crippen molar-refractivity contribution in [1.82, 2.24) is 5.32 Å². The van der Waals surface area contributed by atoms with Crippen molar-refractivity contribution in [2.45, 2.75) is 44.4 Å². The van der Waals surface area contributed by atoms with Gasteiger partial charge in [0.25, 0.3) is 0 Å². The summed E-state index contributed by atoms with van der Waals surface area (Å²) in [5.41, 5.74) is 6.43. The SMILES string of the molecule is CCOC(=O)CC(NC(=O)[C@@H]1CC[C@H](CN)O1)c1ccccc1.Cl. The molecule has 0 saturated carbocycles. The molecule has 1 aromatic carbocycles. The van der Waals surface area contributed by atoms with Crippen LogP contribution in [0.4, 0.5) is 0 Å². The van der Waals surface area contributed by atoms with Crippen LogP contribution in [0.25, 0.3) is 0 Å². The Morgan fingerprint density at radius 3 is 2.62 bits per heavy atom. The van der Waals surface area contributed by atoms with Gasteiger partial charge in [-0.15, -0.1) is 12.4 Å². The summed E-state index contributed by atoms with van der Waals surface area (Å²) in [6.45, 7) is 2.49. The number of hydrogen-bond acceptors (Lipinski definition) is 5. The van der Waals surface area contributed by atoms with E-state index in [4.69, 9.17) is 15.2 Å². The van der Waals surface area contributed by atoms with Gasteiger partial charge in [-0.05, 0) is 25.3 Å². The highest BCUT2D eigenvalue weighted by Gasteiger charge is 2.31. The number of esters is 1. The zero-order valence-corrected chi connectivity index (χ0v) is 14.6. The van der Waals surface area contributed by atoms with Crippen LogP contribution < -0.4 is 11.1 Å². The fourth-order valence-corrected chi connectivity index (χ4v) is 2.66. The van der Waals surface area contributed by atoms with Gasteiger partial charge in [0.05, 0.1) is 25.2 Å². The third-order valence-corrected chi connectivity index (χ3v) is 3.86. The molecule has 0 aromatic heterocycles. The van der Waals surface area contributed by atoms with Gasteiger partial charge >= 0.3 is 5.97 Å². The predicted molar refractivity (Wildman–Crippen MR) is 92.8 cm³/mol. The minimum atomic E-state index is -0.503. The van der Waals surface area contributed by atoms with Gasteiger partial charge in [0.1, 0.15) is 6.10 Å². The van der Waals surface area contributed by atoms with Crippen LogP contribution in [-0.4, -0.2) is 37.2 Å². The van der Waals surface area contributed by atoms with Crippen molar-refractivity contribution in [3.63, 3.8) is 0 Å². The molecule has 3 N–H and O–H groups in total. The minimum Gasteiger partial charge on any atom is -0.466 e. The lowest BCUT2D eigenvalue weighted by Crippen LogP contribution is -2.38. The van der Waals surface area contributed by atoms with Gasteiger partial charge < -0.3 is 20.5 Å². The molecule has 1 unspecified atom stereocenters. The molecule has 2 rings (SSSR count). The standard InChI is InChI=1S/C17H24N2O4.ClH/c1-2-22-16(20)10-14(12-6-4-3-5-7-12)19-17(21)15-9-8-13(11-18)23-15;/h3-7,13-15H,2,8-11,18H2,1H3,(H,19,21);1H/t13-,14?,15+;/m1./s1. The van der Waals surface area contributed by atoms with E-state index in [1.807, 2.05) is 30.3 Å². The monoisotopic (exact) mass is 356 g/mol. The molecule has 1 fully saturated rings. The third-order valence-electron chi connectivity index (χ3n) is 3.86. The lowest BCUT2D eigenvalue weighted by molar-refractivity contribution is -0.144. The molecule has 1 heterocycles. The quantitative estimate of drug-likeness (QED) is 0.726. The normalized spacial score (nSPS) is 20.8. The Kier molecular flexibility index (Phi) is 8.74. The molecule has 7 heteroatoms. The summed E-state index contributed by atoms with van der Waals surface area (Å²) >= 11 is 0. The number of nitrogens with one attached hydrogen (secondary N) is 1. The molecule has 0 spiro atoms. The summed E-state index contributed by atoms with van der Waals surface area (Å²) < 4.78 is 10.6. The Morgan fingerprint density at radius 2 is 2.04 bits per heavy atom. The third kappa shape index (κ3) is 5.78. The van der Waals surface area contributed by atoms with E-state index in [1.165, 1.54) is 0 Å². The Bertz CT molecular complexity index is 527. The first-order valence-corrected chi connectivity index (χ1v) is 8.00. The molecular weight excluding hydrogens is 332 g/mol. The van der Waals surface area contributed by atoms with E-state index in [-0.39, 0.29) is 36.8 Å². The maximum Gasteiger partial charge on any atom is 0.308 e. The van der Waals surface area contributed by atoms with Crippen molar-refractivity contribution in [3.8, 4) is 0 Å². The number of hydrogen-bond donors (Lipinski definition) is 2. The van der Waals surface area contributed by atoms with Crippen molar-refractivity contribution in [3.05, 3.63) is 35.9 Å². The van der Waals surface area contributed by atoms with Crippen molar-refractivity contribution >= 4 is 24.3 Å². The van der Waals surface area contributed by atoms with Gasteiger partial charge in [-0.3, -0.25) is 9.59 Å². The van der Waals surface area contributed by atoms with Crippen molar-refractivity contribution in [2.75, 3.05) is 13.2 Å². The Hall–Kier alpha value is -1.63. The lowest BCUT2D eigenvalue weighted by atomic mass is 10.0. The summed E-state index contributed by atoms with van der Waals surface area (Å²) in [4.78, 5) is 24.2. The molecule has 6 nitrogen and oxygen atoms in total. The van der Waals surface area contributed by atoms with Gasteiger partial charge in [-0.2, -0.15) is 0 Å². The van der Waals surface area contributed by atoms with E-state index in [0.717, 1.165) is 12.0 Å². The number of nitrogens with two attached hydrogens (primary N) is 1. The molecule has 1 aliphatic rings. The molecule has 1 aliphatic heterocycles. The van der Waals surface area contributed by atoms with Gasteiger partial charge in [0.15, 0.2) is 0 Å². The van der Waals surface area contributed by atoms with Crippen LogP contribution in [0, 0.1) is 0 Å². The molecule has 0 bridgehead atoms. The molecule has 1 amide bonds. The van der Waals surface area contributed by atoms with Gasteiger partial charge in [-0.1, -0.05) is 30.3 Å². The maximum atomic E-state index is 12.4. The molecule has 0 aliphatic carbocycles. The van der Waals surface area contributed by atoms with E-state index >= 15 is 0 Å². The molecule has 134 valence electrons. The first kappa shape index (κ1) is 20.4. The van der Waals surface area contributed by atoms with E-state index < -0.39 is 12.1 Å². The molecular formula is C17H25ClN2O4. The van der Waals surface area contributed by atoms with Crippen LogP contribution in [0.2, 0.25) is 0 Å². The first-order chi connectivity index (χ1) is 11.1. The number of carbonyl (C=O) groups excluding carboxylic acids is 2. The maximum absolute atomic E-state index is 12.4. The van der Waals surface area contributed by atoms with E-state index in [0.29, 0.717) is 19.6 Å². The molecule has 1 aromatic rings. The van der Waals surface area contributed by atoms with Crippen LogP contribution in [0.3, 0.4) is 0 Å². The van der Waals surface area contributed by atoms with Gasteiger partial charge in [0.2, 0.25) is 5.91 Å². The second-order valence-corrected chi connectivity index (χ2v) is 5.54. The van der Waals surface area contributed by atoms with E-state index in [9.17, 15) is 9.59 Å².